The lowest BCUT2D eigenvalue weighted by atomic mass is 9.88. The van der Waals surface area contributed by atoms with Crippen LogP contribution in [0.5, 0.6) is 0 Å². The van der Waals surface area contributed by atoms with Crippen LogP contribution < -0.4 is 0 Å². The number of piperidine rings is 1. The van der Waals surface area contributed by atoms with Crippen molar-refractivity contribution in [2.45, 2.75) is 25.2 Å². The lowest BCUT2D eigenvalue weighted by Gasteiger charge is -2.30. The Labute approximate surface area is 124 Å². The number of nitrogens with one attached hydrogen (secondary N) is 1. The maximum atomic E-state index is 12.8. The van der Waals surface area contributed by atoms with E-state index >= 15 is 0 Å². The van der Waals surface area contributed by atoms with E-state index in [2.05, 4.69) is 10.2 Å². The van der Waals surface area contributed by atoms with Gasteiger partial charge < -0.3 is 4.90 Å². The summed E-state index contributed by atoms with van der Waals surface area (Å²) in [6, 6.07) is 0. The molecule has 8 heteroatoms. The highest BCUT2D eigenvalue weighted by molar-refractivity contribution is 7.89. The van der Waals surface area contributed by atoms with Gasteiger partial charge in [-0.25, -0.2) is 8.42 Å². The van der Waals surface area contributed by atoms with Gasteiger partial charge >= 0.3 is 0 Å². The zero-order valence-corrected chi connectivity index (χ0v) is 13.3. The maximum absolute atomic E-state index is 12.8. The van der Waals surface area contributed by atoms with E-state index in [4.69, 9.17) is 0 Å². The lowest BCUT2D eigenvalue weighted by molar-refractivity contribution is -0.137. The van der Waals surface area contributed by atoms with Gasteiger partial charge in [-0.15, -0.1) is 0 Å². The highest BCUT2D eigenvalue weighted by Gasteiger charge is 2.46. The summed E-state index contributed by atoms with van der Waals surface area (Å²) in [5, 5.41) is 6.68. The third-order valence-corrected chi connectivity index (χ3v) is 6.69. The smallest absolute Gasteiger partial charge is 0.246 e. The second kappa shape index (κ2) is 4.81. The molecule has 3 rings (SSSR count). The van der Waals surface area contributed by atoms with E-state index in [-0.39, 0.29) is 29.2 Å². The SMILES string of the molecule is Cc1n[nH]c(C)c1S(=O)(=O)N1C[C@H]2CCN(C)C(=O)[C@H]2C1. The quantitative estimate of drug-likeness (QED) is 0.841. The molecular weight excluding hydrogens is 292 g/mol. The standard InChI is InChI=1S/C13H20N4O3S/c1-8-12(9(2)15-14-8)21(19,20)17-6-10-4-5-16(3)13(18)11(10)7-17/h10-11H,4-7H2,1-3H3,(H,14,15)/t10-,11+/m1/s1. The number of carbonyl (C=O) groups excluding carboxylic acids is 1. The topological polar surface area (TPSA) is 86.4 Å². The number of rotatable bonds is 2. The van der Waals surface area contributed by atoms with Crippen molar-refractivity contribution in [1.29, 1.82) is 0 Å². The Morgan fingerprint density at radius 3 is 2.62 bits per heavy atom. The Morgan fingerprint density at radius 2 is 2.00 bits per heavy atom. The van der Waals surface area contributed by atoms with Crippen LogP contribution in [0.25, 0.3) is 0 Å². The highest BCUT2D eigenvalue weighted by Crippen LogP contribution is 2.35. The van der Waals surface area contributed by atoms with E-state index in [9.17, 15) is 13.2 Å². The Balaban J connectivity index is 1.91. The molecule has 1 aromatic heterocycles. The molecule has 1 amide bonds. The van der Waals surface area contributed by atoms with Crippen LogP contribution in [-0.2, 0) is 14.8 Å². The van der Waals surface area contributed by atoms with Crippen molar-refractivity contribution in [3.05, 3.63) is 11.4 Å². The normalized spacial score (nSPS) is 27.2. The molecule has 2 aliphatic heterocycles. The zero-order chi connectivity index (χ0) is 15.4. The lowest BCUT2D eigenvalue weighted by Crippen LogP contribution is -2.42. The fourth-order valence-corrected chi connectivity index (χ4v) is 5.26. The van der Waals surface area contributed by atoms with Gasteiger partial charge in [-0.3, -0.25) is 9.89 Å². The second-order valence-corrected chi connectivity index (χ2v) is 7.87. The number of aromatic nitrogens is 2. The Hall–Kier alpha value is -1.41. The van der Waals surface area contributed by atoms with E-state index < -0.39 is 10.0 Å². The summed E-state index contributed by atoms with van der Waals surface area (Å²) in [5.41, 5.74) is 1.02. The van der Waals surface area contributed by atoms with Gasteiger partial charge in [-0.1, -0.05) is 0 Å². The average molecular weight is 312 g/mol. The summed E-state index contributed by atoms with van der Waals surface area (Å²) in [7, 11) is -1.81. The number of likely N-dealkylation sites (tertiary alicyclic amines) is 1. The first-order valence-electron chi connectivity index (χ1n) is 7.09. The van der Waals surface area contributed by atoms with Crippen LogP contribution >= 0.6 is 0 Å². The fourth-order valence-electron chi connectivity index (χ4n) is 3.40. The van der Waals surface area contributed by atoms with Gasteiger partial charge in [-0.05, 0) is 26.2 Å². The summed E-state index contributed by atoms with van der Waals surface area (Å²) in [4.78, 5) is 14.1. The number of amides is 1. The van der Waals surface area contributed by atoms with E-state index in [1.165, 1.54) is 4.31 Å². The molecule has 2 atom stereocenters. The van der Waals surface area contributed by atoms with E-state index in [1.807, 2.05) is 0 Å². The van der Waals surface area contributed by atoms with Gasteiger partial charge in [0.05, 0.1) is 17.3 Å². The van der Waals surface area contributed by atoms with Crippen molar-refractivity contribution < 1.29 is 13.2 Å². The van der Waals surface area contributed by atoms with Gasteiger partial charge in [0, 0.05) is 26.7 Å². The molecule has 0 radical (unpaired) electrons. The number of aryl methyl sites for hydroxylation is 2. The van der Waals surface area contributed by atoms with E-state index in [0.717, 1.165) is 6.42 Å². The summed E-state index contributed by atoms with van der Waals surface area (Å²) >= 11 is 0. The average Bonchev–Trinajstić information content (AvgIpc) is 2.99. The molecule has 2 fully saturated rings. The molecule has 1 N–H and O–H groups in total. The number of H-pyrrole nitrogens is 1. The molecule has 1 aromatic rings. The summed E-state index contributed by atoms with van der Waals surface area (Å²) < 4.78 is 27.1. The number of carbonyl (C=O) groups is 1. The molecule has 0 aliphatic carbocycles. The first-order valence-corrected chi connectivity index (χ1v) is 8.53. The first-order chi connectivity index (χ1) is 9.82. The predicted octanol–water partition coefficient (Wildman–Crippen LogP) is 0.125. The molecule has 3 heterocycles. The molecule has 0 saturated carbocycles. The molecule has 0 bridgehead atoms. The van der Waals surface area contributed by atoms with Crippen molar-refractivity contribution in [2.24, 2.45) is 11.8 Å². The van der Waals surface area contributed by atoms with Crippen molar-refractivity contribution in [3.63, 3.8) is 0 Å². The third kappa shape index (κ3) is 2.17. The van der Waals surface area contributed by atoms with Crippen molar-refractivity contribution in [1.82, 2.24) is 19.4 Å². The van der Waals surface area contributed by atoms with Gasteiger partial charge in [0.25, 0.3) is 0 Å². The van der Waals surface area contributed by atoms with Gasteiger partial charge in [-0.2, -0.15) is 9.40 Å². The minimum absolute atomic E-state index is 0.0598. The maximum Gasteiger partial charge on any atom is 0.246 e. The summed E-state index contributed by atoms with van der Waals surface area (Å²) in [6.45, 7) is 4.79. The number of hydrogen-bond acceptors (Lipinski definition) is 4. The monoisotopic (exact) mass is 312 g/mol. The number of sulfonamides is 1. The van der Waals surface area contributed by atoms with Gasteiger partial charge in [0.2, 0.25) is 15.9 Å². The third-order valence-electron chi connectivity index (χ3n) is 4.59. The molecule has 2 saturated heterocycles. The minimum atomic E-state index is -3.59. The van der Waals surface area contributed by atoms with Crippen LogP contribution in [0.3, 0.4) is 0 Å². The predicted molar refractivity (Wildman–Crippen MR) is 76.1 cm³/mol. The molecule has 7 nitrogen and oxygen atoms in total. The van der Waals surface area contributed by atoms with E-state index in [1.54, 1.807) is 25.8 Å². The molecule has 21 heavy (non-hydrogen) atoms. The fraction of sp³-hybridized carbons (Fsp3) is 0.692. The summed E-state index contributed by atoms with van der Waals surface area (Å²) in [5.74, 6) is -0.00776. The van der Waals surface area contributed by atoms with Crippen LogP contribution in [0.4, 0.5) is 0 Å². The first kappa shape index (κ1) is 14.5. The van der Waals surface area contributed by atoms with E-state index in [0.29, 0.717) is 24.5 Å². The van der Waals surface area contributed by atoms with Crippen LogP contribution in [0.2, 0.25) is 0 Å². The number of aromatic amines is 1. The Morgan fingerprint density at radius 1 is 1.29 bits per heavy atom. The molecule has 2 aliphatic rings. The van der Waals surface area contributed by atoms with Crippen molar-refractivity contribution >= 4 is 15.9 Å². The number of fused-ring (bicyclic) bond motifs is 1. The molecule has 0 aromatic carbocycles. The molecular formula is C13H20N4O3S. The molecule has 0 unspecified atom stereocenters. The second-order valence-electron chi connectivity index (χ2n) is 6.00. The number of nitrogens with zero attached hydrogens (tertiary/aromatic N) is 3. The minimum Gasteiger partial charge on any atom is -0.345 e. The largest absolute Gasteiger partial charge is 0.345 e. The van der Waals surface area contributed by atoms with Crippen LogP contribution in [0.1, 0.15) is 17.8 Å². The van der Waals surface area contributed by atoms with Crippen molar-refractivity contribution in [2.75, 3.05) is 26.7 Å². The Bertz CT molecular complexity index is 662. The molecule has 116 valence electrons. The number of hydrogen-bond donors (Lipinski definition) is 1. The van der Waals surface area contributed by atoms with Gasteiger partial charge in [0.15, 0.2) is 0 Å². The summed E-state index contributed by atoms with van der Waals surface area (Å²) in [6.07, 6.45) is 0.863. The Kier molecular flexibility index (Phi) is 3.32. The van der Waals surface area contributed by atoms with Crippen molar-refractivity contribution in [3.8, 4) is 0 Å². The molecule has 0 spiro atoms. The van der Waals surface area contributed by atoms with Gasteiger partial charge in [0.1, 0.15) is 4.90 Å². The van der Waals surface area contributed by atoms with Crippen LogP contribution in [0, 0.1) is 25.7 Å². The van der Waals surface area contributed by atoms with Crippen LogP contribution in [0.15, 0.2) is 4.90 Å². The highest BCUT2D eigenvalue weighted by atomic mass is 32.2. The zero-order valence-electron chi connectivity index (χ0n) is 12.5. The van der Waals surface area contributed by atoms with Crippen LogP contribution in [-0.4, -0.2) is 60.4 Å².